The van der Waals surface area contributed by atoms with Gasteiger partial charge in [0.05, 0.1) is 18.8 Å². The second kappa shape index (κ2) is 7.82. The first kappa shape index (κ1) is 21.1. The third-order valence-corrected chi connectivity index (χ3v) is 5.39. The third-order valence-electron chi connectivity index (χ3n) is 5.39. The summed E-state index contributed by atoms with van der Waals surface area (Å²) in [6, 6.07) is 5.28. The van der Waals surface area contributed by atoms with Gasteiger partial charge in [-0.1, -0.05) is 13.8 Å². The van der Waals surface area contributed by atoms with Crippen molar-refractivity contribution in [2.75, 3.05) is 13.7 Å². The fourth-order valence-electron chi connectivity index (χ4n) is 3.81. The zero-order chi connectivity index (χ0) is 22.3. The van der Waals surface area contributed by atoms with E-state index in [4.69, 9.17) is 4.74 Å². The molecule has 7 nitrogen and oxygen atoms in total. The second-order valence-electron chi connectivity index (χ2n) is 7.80. The van der Waals surface area contributed by atoms with Gasteiger partial charge < -0.3 is 9.64 Å². The van der Waals surface area contributed by atoms with Gasteiger partial charge in [0.25, 0.3) is 5.91 Å². The predicted molar refractivity (Wildman–Crippen MR) is 106 cm³/mol. The smallest absolute Gasteiger partial charge is 0.433 e. The highest BCUT2D eigenvalue weighted by Crippen LogP contribution is 2.35. The molecule has 31 heavy (non-hydrogen) atoms. The molecule has 164 valence electrons. The topological polar surface area (TPSA) is 72.6 Å². The lowest BCUT2D eigenvalue weighted by Gasteiger charge is -2.23. The van der Waals surface area contributed by atoms with Crippen LogP contribution in [0.4, 0.5) is 13.2 Å². The van der Waals surface area contributed by atoms with Crippen molar-refractivity contribution in [2.45, 2.75) is 44.8 Å². The Balaban J connectivity index is 1.74. The van der Waals surface area contributed by atoms with Crippen molar-refractivity contribution in [3.63, 3.8) is 0 Å². The molecule has 1 fully saturated rings. The first-order chi connectivity index (χ1) is 14.7. The van der Waals surface area contributed by atoms with Crippen molar-refractivity contribution in [3.8, 4) is 5.88 Å². The lowest BCUT2D eigenvalue weighted by atomic mass is 10.1. The molecule has 0 unspecified atom stereocenters. The molecular weight excluding hydrogens is 411 g/mol. The summed E-state index contributed by atoms with van der Waals surface area (Å²) >= 11 is 0. The molecule has 3 aromatic heterocycles. The van der Waals surface area contributed by atoms with Gasteiger partial charge in [-0.3, -0.25) is 4.79 Å². The van der Waals surface area contributed by atoms with Crippen LogP contribution in [-0.2, 0) is 6.18 Å². The number of hydrogen-bond acceptors (Lipinski definition) is 5. The minimum atomic E-state index is -4.58. The second-order valence-corrected chi connectivity index (χ2v) is 7.80. The van der Waals surface area contributed by atoms with Crippen molar-refractivity contribution in [3.05, 3.63) is 53.1 Å². The zero-order valence-electron chi connectivity index (χ0n) is 17.3. The number of methoxy groups -OCH3 is 1. The largest absolute Gasteiger partial charge is 0.481 e. The van der Waals surface area contributed by atoms with Gasteiger partial charge in [0.2, 0.25) is 5.88 Å². The molecule has 1 aliphatic rings. The van der Waals surface area contributed by atoms with Crippen LogP contribution in [0.15, 0.2) is 30.5 Å². The molecule has 1 saturated heterocycles. The van der Waals surface area contributed by atoms with Crippen LogP contribution in [0.3, 0.4) is 0 Å². The normalized spacial score (nSPS) is 17.0. The van der Waals surface area contributed by atoms with Gasteiger partial charge in [-0.2, -0.15) is 18.3 Å². The Morgan fingerprint density at radius 1 is 1.26 bits per heavy atom. The number of rotatable bonds is 4. The van der Waals surface area contributed by atoms with Crippen LogP contribution in [-0.4, -0.2) is 44.0 Å². The zero-order valence-corrected chi connectivity index (χ0v) is 17.3. The average molecular weight is 433 g/mol. The molecule has 0 saturated carbocycles. The maximum Gasteiger partial charge on any atom is 0.433 e. The Kier molecular flexibility index (Phi) is 5.32. The quantitative estimate of drug-likeness (QED) is 0.615. The Morgan fingerprint density at radius 3 is 2.71 bits per heavy atom. The number of aromatic nitrogens is 4. The van der Waals surface area contributed by atoms with Crippen LogP contribution in [0.2, 0.25) is 0 Å². The Morgan fingerprint density at radius 2 is 2.03 bits per heavy atom. The Labute approximate surface area is 176 Å². The van der Waals surface area contributed by atoms with Gasteiger partial charge in [-0.05, 0) is 30.9 Å². The molecule has 10 heteroatoms. The average Bonchev–Trinajstić information content (AvgIpc) is 3.38. The van der Waals surface area contributed by atoms with Crippen LogP contribution in [0.5, 0.6) is 5.88 Å². The molecule has 0 spiro atoms. The lowest BCUT2D eigenvalue weighted by molar-refractivity contribution is -0.142. The van der Waals surface area contributed by atoms with E-state index in [1.165, 1.54) is 13.3 Å². The van der Waals surface area contributed by atoms with E-state index in [1.54, 1.807) is 36.9 Å². The number of alkyl halides is 3. The van der Waals surface area contributed by atoms with Crippen molar-refractivity contribution in [1.29, 1.82) is 0 Å². The molecule has 1 aliphatic heterocycles. The van der Waals surface area contributed by atoms with Crippen LogP contribution >= 0.6 is 0 Å². The predicted octanol–water partition coefficient (Wildman–Crippen LogP) is 4.25. The van der Waals surface area contributed by atoms with E-state index in [0.717, 1.165) is 17.0 Å². The fourth-order valence-corrected chi connectivity index (χ4v) is 3.81. The number of fused-ring (bicyclic) bond motifs is 1. The van der Waals surface area contributed by atoms with Gasteiger partial charge in [0.1, 0.15) is 5.69 Å². The van der Waals surface area contributed by atoms with E-state index < -0.39 is 17.9 Å². The molecule has 0 aliphatic carbocycles. The number of likely N-dealkylation sites (tertiary alicyclic amines) is 1. The summed E-state index contributed by atoms with van der Waals surface area (Å²) in [6.07, 6.45) is -1.76. The van der Waals surface area contributed by atoms with E-state index in [2.05, 4.69) is 15.1 Å². The van der Waals surface area contributed by atoms with Gasteiger partial charge in [0, 0.05) is 36.1 Å². The number of ether oxygens (including phenoxy) is 1. The number of hydrogen-bond donors (Lipinski definition) is 0. The number of carbonyl (C=O) groups is 1. The Hall–Kier alpha value is -3.17. The molecule has 3 aromatic rings. The molecule has 0 bridgehead atoms. The monoisotopic (exact) mass is 433 g/mol. The minimum Gasteiger partial charge on any atom is -0.481 e. The summed E-state index contributed by atoms with van der Waals surface area (Å²) < 4.78 is 46.9. The minimum absolute atomic E-state index is 0.124. The van der Waals surface area contributed by atoms with Gasteiger partial charge >= 0.3 is 6.18 Å². The van der Waals surface area contributed by atoms with E-state index in [-0.39, 0.29) is 17.5 Å². The van der Waals surface area contributed by atoms with Crippen molar-refractivity contribution < 1.29 is 22.7 Å². The molecule has 4 heterocycles. The number of halogens is 3. The van der Waals surface area contributed by atoms with E-state index in [0.29, 0.717) is 35.8 Å². The van der Waals surface area contributed by atoms with Crippen LogP contribution in [0.25, 0.3) is 5.65 Å². The SMILES string of the molecule is COc1cc(C(=O)N2CCC[C@@H]2c2cc3nc(C(C)C)cc(C(F)(F)F)n3n2)ccn1. The summed E-state index contributed by atoms with van der Waals surface area (Å²) in [4.78, 5) is 23.1. The molecule has 4 rings (SSSR count). The van der Waals surface area contributed by atoms with Gasteiger partial charge in [-0.25, -0.2) is 14.5 Å². The van der Waals surface area contributed by atoms with Crippen LogP contribution in [0, 0.1) is 0 Å². The summed E-state index contributed by atoms with van der Waals surface area (Å²) in [5.74, 6) is -0.0997. The fraction of sp³-hybridized carbons (Fsp3) is 0.429. The molecule has 0 radical (unpaired) electrons. The van der Waals surface area contributed by atoms with Crippen molar-refractivity contribution >= 4 is 11.6 Å². The first-order valence-electron chi connectivity index (χ1n) is 9.98. The first-order valence-corrected chi connectivity index (χ1v) is 9.98. The maximum atomic E-state index is 13.7. The highest BCUT2D eigenvalue weighted by molar-refractivity contribution is 5.94. The summed E-state index contributed by atoms with van der Waals surface area (Å²) in [5.41, 5.74) is 0.389. The lowest BCUT2D eigenvalue weighted by Crippen LogP contribution is -2.30. The van der Waals surface area contributed by atoms with E-state index >= 15 is 0 Å². The highest BCUT2D eigenvalue weighted by atomic mass is 19.4. The van der Waals surface area contributed by atoms with Crippen molar-refractivity contribution in [1.82, 2.24) is 24.5 Å². The number of nitrogens with zero attached hydrogens (tertiary/aromatic N) is 5. The molecular formula is C21H22F3N5O2. The standard InChI is InChI=1S/C21H22F3N5O2/c1-12(2)14-10-17(21(22,23)24)29-18(26-14)11-15(27-29)16-5-4-8-28(16)20(30)13-6-7-25-19(9-13)31-3/h6-7,9-12,16H,4-5,8H2,1-3H3/t16-/m1/s1. The summed E-state index contributed by atoms with van der Waals surface area (Å²) in [6.45, 7) is 4.06. The van der Waals surface area contributed by atoms with Crippen LogP contribution in [0.1, 0.15) is 66.1 Å². The van der Waals surface area contributed by atoms with Crippen molar-refractivity contribution in [2.24, 2.45) is 0 Å². The van der Waals surface area contributed by atoms with Gasteiger partial charge in [-0.15, -0.1) is 0 Å². The van der Waals surface area contributed by atoms with E-state index in [9.17, 15) is 18.0 Å². The van der Waals surface area contributed by atoms with E-state index in [1.807, 2.05) is 0 Å². The summed E-state index contributed by atoms with van der Waals surface area (Å²) in [5, 5.41) is 4.22. The number of carbonyl (C=O) groups excluding carboxylic acids is 1. The summed E-state index contributed by atoms with van der Waals surface area (Å²) in [7, 11) is 1.46. The third kappa shape index (κ3) is 3.94. The molecule has 1 atom stereocenters. The number of amides is 1. The van der Waals surface area contributed by atoms with Crippen LogP contribution < -0.4 is 4.74 Å². The number of pyridine rings is 1. The molecule has 0 aromatic carbocycles. The Bertz CT molecular complexity index is 1130. The maximum absolute atomic E-state index is 13.7. The molecule has 1 amide bonds. The van der Waals surface area contributed by atoms with Gasteiger partial charge in [0.15, 0.2) is 5.65 Å². The molecule has 0 N–H and O–H groups in total. The highest BCUT2D eigenvalue weighted by Gasteiger charge is 2.37.